The molecule has 19 heavy (non-hydrogen) atoms. The Kier molecular flexibility index (Phi) is 4.39. The third-order valence-corrected chi connectivity index (χ3v) is 3.04. The SMILES string of the molecule is Nc1ccccc1CC(=O)OCC(=O)NCC1CC1. The molecule has 0 radical (unpaired) electrons. The molecule has 0 heterocycles. The van der Waals surface area contributed by atoms with Crippen molar-refractivity contribution >= 4 is 17.6 Å². The zero-order valence-electron chi connectivity index (χ0n) is 10.7. The number of benzene rings is 1. The molecule has 1 saturated carbocycles. The summed E-state index contributed by atoms with van der Waals surface area (Å²) in [7, 11) is 0. The zero-order valence-corrected chi connectivity index (χ0v) is 10.7. The van der Waals surface area contributed by atoms with Gasteiger partial charge in [0.25, 0.3) is 5.91 Å². The maximum absolute atomic E-state index is 11.6. The van der Waals surface area contributed by atoms with Crippen LogP contribution < -0.4 is 11.1 Å². The highest BCUT2D eigenvalue weighted by molar-refractivity contribution is 5.81. The number of para-hydroxylation sites is 1. The number of rotatable bonds is 6. The molecule has 0 bridgehead atoms. The number of amides is 1. The highest BCUT2D eigenvalue weighted by Crippen LogP contribution is 2.27. The highest BCUT2D eigenvalue weighted by atomic mass is 16.5. The second kappa shape index (κ2) is 6.22. The van der Waals surface area contributed by atoms with Crippen molar-refractivity contribution in [2.45, 2.75) is 19.3 Å². The largest absolute Gasteiger partial charge is 0.455 e. The summed E-state index contributed by atoms with van der Waals surface area (Å²) in [6.07, 6.45) is 2.43. The average Bonchev–Trinajstić information content (AvgIpc) is 3.21. The van der Waals surface area contributed by atoms with Gasteiger partial charge >= 0.3 is 5.97 Å². The lowest BCUT2D eigenvalue weighted by molar-refractivity contribution is -0.147. The molecule has 3 N–H and O–H groups in total. The average molecular weight is 262 g/mol. The molecule has 0 aromatic heterocycles. The molecule has 2 rings (SSSR count). The molecular weight excluding hydrogens is 244 g/mol. The van der Waals surface area contributed by atoms with Crippen molar-refractivity contribution in [3.63, 3.8) is 0 Å². The third kappa shape index (κ3) is 4.62. The fraction of sp³-hybridized carbons (Fsp3) is 0.429. The first-order valence-corrected chi connectivity index (χ1v) is 6.41. The van der Waals surface area contributed by atoms with Gasteiger partial charge in [0.1, 0.15) is 0 Å². The predicted molar refractivity (Wildman–Crippen MR) is 71.3 cm³/mol. The second-order valence-electron chi connectivity index (χ2n) is 4.78. The van der Waals surface area contributed by atoms with E-state index in [9.17, 15) is 9.59 Å². The summed E-state index contributed by atoms with van der Waals surface area (Å²) in [5.41, 5.74) is 6.99. The van der Waals surface area contributed by atoms with Gasteiger partial charge in [-0.3, -0.25) is 9.59 Å². The van der Waals surface area contributed by atoms with Crippen LogP contribution in [-0.2, 0) is 20.7 Å². The van der Waals surface area contributed by atoms with E-state index in [0.717, 1.165) is 0 Å². The van der Waals surface area contributed by atoms with Crippen molar-refractivity contribution in [3.8, 4) is 0 Å². The Labute approximate surface area is 112 Å². The number of carbonyl (C=O) groups excluding carboxylic acids is 2. The van der Waals surface area contributed by atoms with Gasteiger partial charge in [0.05, 0.1) is 6.42 Å². The van der Waals surface area contributed by atoms with Crippen molar-refractivity contribution in [2.75, 3.05) is 18.9 Å². The van der Waals surface area contributed by atoms with E-state index >= 15 is 0 Å². The van der Waals surface area contributed by atoms with E-state index in [0.29, 0.717) is 23.7 Å². The van der Waals surface area contributed by atoms with Crippen LogP contribution in [0.15, 0.2) is 24.3 Å². The summed E-state index contributed by atoms with van der Waals surface area (Å²) in [6.45, 7) is 0.459. The molecule has 0 atom stereocenters. The molecule has 5 heteroatoms. The van der Waals surface area contributed by atoms with Crippen LogP contribution in [0, 0.1) is 5.92 Å². The van der Waals surface area contributed by atoms with Crippen LogP contribution in [0.5, 0.6) is 0 Å². The van der Waals surface area contributed by atoms with E-state index in [-0.39, 0.29) is 18.9 Å². The summed E-state index contributed by atoms with van der Waals surface area (Å²) in [4.78, 5) is 22.9. The van der Waals surface area contributed by atoms with Crippen molar-refractivity contribution in [1.29, 1.82) is 0 Å². The van der Waals surface area contributed by atoms with E-state index in [2.05, 4.69) is 5.32 Å². The van der Waals surface area contributed by atoms with Gasteiger partial charge in [0.2, 0.25) is 0 Å². The number of nitrogens with one attached hydrogen (secondary N) is 1. The van der Waals surface area contributed by atoms with Crippen LogP contribution in [0.3, 0.4) is 0 Å². The minimum absolute atomic E-state index is 0.0859. The number of hydrogen-bond acceptors (Lipinski definition) is 4. The number of hydrogen-bond donors (Lipinski definition) is 2. The Balaban J connectivity index is 1.69. The summed E-state index contributed by atoms with van der Waals surface area (Å²) >= 11 is 0. The number of nitrogens with two attached hydrogens (primary N) is 1. The Morgan fingerprint density at radius 3 is 2.74 bits per heavy atom. The van der Waals surface area contributed by atoms with Gasteiger partial charge in [-0.25, -0.2) is 0 Å². The summed E-state index contributed by atoms with van der Waals surface area (Å²) in [5.74, 6) is -0.0791. The molecule has 5 nitrogen and oxygen atoms in total. The van der Waals surface area contributed by atoms with E-state index in [4.69, 9.17) is 10.5 Å². The molecule has 0 aliphatic heterocycles. The standard InChI is InChI=1S/C14H18N2O3/c15-12-4-2-1-3-11(12)7-14(18)19-9-13(17)16-8-10-5-6-10/h1-4,10H,5-9,15H2,(H,16,17). The van der Waals surface area contributed by atoms with Crippen molar-refractivity contribution < 1.29 is 14.3 Å². The monoisotopic (exact) mass is 262 g/mol. The number of esters is 1. The van der Waals surface area contributed by atoms with Gasteiger partial charge in [0.15, 0.2) is 6.61 Å². The molecule has 1 aromatic carbocycles. The Morgan fingerprint density at radius 1 is 1.32 bits per heavy atom. The lowest BCUT2D eigenvalue weighted by Crippen LogP contribution is -2.30. The second-order valence-corrected chi connectivity index (χ2v) is 4.78. The molecule has 1 aliphatic rings. The lowest BCUT2D eigenvalue weighted by Gasteiger charge is -2.07. The van der Waals surface area contributed by atoms with Crippen LogP contribution >= 0.6 is 0 Å². The number of ether oxygens (including phenoxy) is 1. The van der Waals surface area contributed by atoms with E-state index in [1.54, 1.807) is 24.3 Å². The minimum atomic E-state index is -0.445. The van der Waals surface area contributed by atoms with Gasteiger partial charge in [0, 0.05) is 12.2 Å². The fourth-order valence-corrected chi connectivity index (χ4v) is 1.68. The summed E-state index contributed by atoms with van der Waals surface area (Å²) < 4.78 is 4.91. The van der Waals surface area contributed by atoms with Crippen molar-refractivity contribution in [2.24, 2.45) is 5.92 Å². The molecule has 1 aliphatic carbocycles. The molecule has 0 unspecified atom stereocenters. The Morgan fingerprint density at radius 2 is 2.05 bits per heavy atom. The molecular formula is C14H18N2O3. The number of nitrogen functional groups attached to an aromatic ring is 1. The zero-order chi connectivity index (χ0) is 13.7. The molecule has 1 fully saturated rings. The third-order valence-electron chi connectivity index (χ3n) is 3.04. The Hall–Kier alpha value is -2.04. The van der Waals surface area contributed by atoms with E-state index in [1.807, 2.05) is 0 Å². The van der Waals surface area contributed by atoms with Gasteiger partial charge in [-0.05, 0) is 30.4 Å². The van der Waals surface area contributed by atoms with Crippen LogP contribution in [-0.4, -0.2) is 25.0 Å². The van der Waals surface area contributed by atoms with Crippen LogP contribution in [0.2, 0.25) is 0 Å². The molecule has 0 spiro atoms. The van der Waals surface area contributed by atoms with Gasteiger partial charge in [-0.15, -0.1) is 0 Å². The number of carbonyl (C=O) groups is 2. The lowest BCUT2D eigenvalue weighted by atomic mass is 10.1. The van der Waals surface area contributed by atoms with Gasteiger partial charge < -0.3 is 15.8 Å². The Bertz CT molecular complexity index is 470. The molecule has 0 saturated heterocycles. The normalized spacial score (nSPS) is 13.9. The summed E-state index contributed by atoms with van der Waals surface area (Å²) in [6, 6.07) is 7.10. The van der Waals surface area contributed by atoms with Crippen LogP contribution in [0.4, 0.5) is 5.69 Å². The van der Waals surface area contributed by atoms with Crippen LogP contribution in [0.1, 0.15) is 18.4 Å². The van der Waals surface area contributed by atoms with E-state index < -0.39 is 5.97 Å². The first-order valence-electron chi connectivity index (χ1n) is 6.41. The van der Waals surface area contributed by atoms with Gasteiger partial charge in [-0.1, -0.05) is 18.2 Å². The van der Waals surface area contributed by atoms with E-state index in [1.165, 1.54) is 12.8 Å². The predicted octanol–water partition coefficient (Wildman–Crippen LogP) is 0.881. The first-order chi connectivity index (χ1) is 9.15. The topological polar surface area (TPSA) is 81.4 Å². The van der Waals surface area contributed by atoms with Crippen molar-refractivity contribution in [3.05, 3.63) is 29.8 Å². The molecule has 102 valence electrons. The summed E-state index contributed by atoms with van der Waals surface area (Å²) in [5, 5.41) is 2.73. The first kappa shape index (κ1) is 13.4. The molecule has 1 aromatic rings. The van der Waals surface area contributed by atoms with Crippen LogP contribution in [0.25, 0.3) is 0 Å². The smallest absolute Gasteiger partial charge is 0.310 e. The quantitative estimate of drug-likeness (QED) is 0.589. The molecule has 1 amide bonds. The minimum Gasteiger partial charge on any atom is -0.455 e. The van der Waals surface area contributed by atoms with Gasteiger partial charge in [-0.2, -0.15) is 0 Å². The number of anilines is 1. The maximum atomic E-state index is 11.6. The van der Waals surface area contributed by atoms with Crippen molar-refractivity contribution in [1.82, 2.24) is 5.32 Å². The fourth-order valence-electron chi connectivity index (χ4n) is 1.68. The highest BCUT2D eigenvalue weighted by Gasteiger charge is 2.21. The maximum Gasteiger partial charge on any atom is 0.310 e.